The van der Waals surface area contributed by atoms with E-state index in [1.165, 1.54) is 37.8 Å². The Kier molecular flexibility index (Phi) is 5.98. The second kappa shape index (κ2) is 7.75. The number of rotatable bonds is 4. The molecule has 2 aliphatic rings. The van der Waals surface area contributed by atoms with Crippen molar-refractivity contribution in [2.75, 3.05) is 13.1 Å². The highest BCUT2D eigenvalue weighted by Gasteiger charge is 2.25. The Balaban J connectivity index is 0.00000176. The Morgan fingerprint density at radius 3 is 2.45 bits per heavy atom. The minimum Gasteiger partial charge on any atom is -0.353 e. The molecule has 1 aliphatic carbocycles. The zero-order valence-electron chi connectivity index (χ0n) is 12.4. The maximum atomic E-state index is 10.6. The Morgan fingerprint density at radius 2 is 1.91 bits per heavy atom. The predicted octanol–water partition coefficient (Wildman–Crippen LogP) is 2.92. The number of nitrogens with one attached hydrogen (secondary N) is 1. The molecule has 3 rings (SSSR count). The van der Waals surface area contributed by atoms with Crippen LogP contribution in [0.4, 0.5) is 5.69 Å². The van der Waals surface area contributed by atoms with E-state index in [0.717, 1.165) is 24.6 Å². The molecule has 6 nitrogen and oxygen atoms in total. The van der Waals surface area contributed by atoms with Crippen molar-refractivity contribution in [3.8, 4) is 0 Å². The first-order chi connectivity index (χ1) is 10.2. The first kappa shape index (κ1) is 17.0. The number of halogens is 1. The van der Waals surface area contributed by atoms with Gasteiger partial charge in [0.15, 0.2) is 5.96 Å². The maximum Gasteiger partial charge on any atom is 0.269 e. The second-order valence-electron chi connectivity index (χ2n) is 5.68. The van der Waals surface area contributed by atoms with Gasteiger partial charge in [-0.15, -0.1) is 24.0 Å². The summed E-state index contributed by atoms with van der Waals surface area (Å²) in [4.78, 5) is 17.3. The van der Waals surface area contributed by atoms with E-state index in [1.54, 1.807) is 12.1 Å². The Labute approximate surface area is 147 Å². The number of likely N-dealkylation sites (tertiary alicyclic amines) is 1. The molecule has 0 unspecified atom stereocenters. The number of non-ortho nitro benzene ring substituents is 1. The molecule has 1 N–H and O–H groups in total. The molecular formula is C15H21IN4O2. The van der Waals surface area contributed by atoms with Crippen LogP contribution in [0.3, 0.4) is 0 Å². The summed E-state index contributed by atoms with van der Waals surface area (Å²) in [5.41, 5.74) is 1.12. The summed E-state index contributed by atoms with van der Waals surface area (Å²) in [6.07, 6.45) is 4.90. The molecule has 0 amide bonds. The molecule has 7 heteroatoms. The van der Waals surface area contributed by atoms with Crippen LogP contribution < -0.4 is 5.32 Å². The van der Waals surface area contributed by atoms with Gasteiger partial charge in [-0.05, 0) is 31.2 Å². The van der Waals surface area contributed by atoms with Crippen LogP contribution in [-0.2, 0) is 6.54 Å². The van der Waals surface area contributed by atoms with Gasteiger partial charge in [-0.3, -0.25) is 10.1 Å². The van der Waals surface area contributed by atoms with Crippen LogP contribution in [0.2, 0.25) is 0 Å². The quantitative estimate of drug-likeness (QED) is 0.270. The number of hydrogen-bond acceptors (Lipinski definition) is 3. The number of hydrogen-bond donors (Lipinski definition) is 1. The molecule has 1 saturated heterocycles. The fraction of sp³-hybridized carbons (Fsp3) is 0.533. The maximum absolute atomic E-state index is 10.6. The number of nitro benzene ring substituents is 1. The summed E-state index contributed by atoms with van der Waals surface area (Å²) >= 11 is 0. The zero-order chi connectivity index (χ0) is 14.7. The lowest BCUT2D eigenvalue weighted by atomic mass is 10.2. The van der Waals surface area contributed by atoms with Crippen molar-refractivity contribution in [1.82, 2.24) is 10.2 Å². The van der Waals surface area contributed by atoms with Crippen LogP contribution in [-0.4, -0.2) is 34.9 Å². The van der Waals surface area contributed by atoms with Gasteiger partial charge in [0.1, 0.15) is 0 Å². The van der Waals surface area contributed by atoms with E-state index in [2.05, 4.69) is 10.2 Å². The molecule has 1 saturated carbocycles. The van der Waals surface area contributed by atoms with Gasteiger partial charge < -0.3 is 10.2 Å². The molecule has 0 radical (unpaired) electrons. The van der Waals surface area contributed by atoms with Crippen molar-refractivity contribution in [1.29, 1.82) is 0 Å². The fourth-order valence-corrected chi connectivity index (χ4v) is 2.47. The average molecular weight is 416 g/mol. The van der Waals surface area contributed by atoms with Crippen molar-refractivity contribution >= 4 is 35.6 Å². The predicted molar refractivity (Wildman–Crippen MR) is 96.6 cm³/mol. The van der Waals surface area contributed by atoms with Crippen molar-refractivity contribution in [2.24, 2.45) is 4.99 Å². The molecule has 0 bridgehead atoms. The number of guanidine groups is 1. The van der Waals surface area contributed by atoms with E-state index < -0.39 is 0 Å². The molecule has 0 spiro atoms. The van der Waals surface area contributed by atoms with E-state index in [9.17, 15) is 10.1 Å². The SMILES string of the molecule is I.O=[N+]([O-])c1ccc(CN=C(NC2CC2)N2CCCC2)cc1. The van der Waals surface area contributed by atoms with Crippen LogP contribution in [0.1, 0.15) is 31.2 Å². The minimum atomic E-state index is -0.378. The summed E-state index contributed by atoms with van der Waals surface area (Å²) in [6, 6.07) is 7.21. The first-order valence-corrected chi connectivity index (χ1v) is 7.51. The van der Waals surface area contributed by atoms with E-state index in [1.807, 2.05) is 0 Å². The van der Waals surface area contributed by atoms with Crippen molar-refractivity contribution in [2.45, 2.75) is 38.3 Å². The second-order valence-corrected chi connectivity index (χ2v) is 5.68. The highest BCUT2D eigenvalue weighted by atomic mass is 127. The van der Waals surface area contributed by atoms with Crippen LogP contribution in [0.15, 0.2) is 29.3 Å². The third kappa shape index (κ3) is 4.56. The van der Waals surface area contributed by atoms with E-state index in [-0.39, 0.29) is 34.6 Å². The summed E-state index contributed by atoms with van der Waals surface area (Å²) in [7, 11) is 0. The minimum absolute atomic E-state index is 0. The number of benzene rings is 1. The molecule has 2 fully saturated rings. The number of aliphatic imine (C=N–C) groups is 1. The largest absolute Gasteiger partial charge is 0.353 e. The Bertz CT molecular complexity index is 537. The number of nitro groups is 1. The van der Waals surface area contributed by atoms with Gasteiger partial charge in [-0.2, -0.15) is 0 Å². The van der Waals surface area contributed by atoms with Crippen LogP contribution in [0.5, 0.6) is 0 Å². The van der Waals surface area contributed by atoms with Gasteiger partial charge in [0.2, 0.25) is 0 Å². The summed E-state index contributed by atoms with van der Waals surface area (Å²) in [6.45, 7) is 2.70. The number of nitrogens with zero attached hydrogens (tertiary/aromatic N) is 3. The van der Waals surface area contributed by atoms with Crippen molar-refractivity contribution < 1.29 is 4.92 Å². The van der Waals surface area contributed by atoms with Crippen molar-refractivity contribution in [3.05, 3.63) is 39.9 Å². The van der Waals surface area contributed by atoms with Gasteiger partial charge in [0.05, 0.1) is 11.5 Å². The lowest BCUT2D eigenvalue weighted by Crippen LogP contribution is -2.40. The lowest BCUT2D eigenvalue weighted by Gasteiger charge is -2.21. The molecule has 1 aromatic carbocycles. The molecule has 0 atom stereocenters. The summed E-state index contributed by atoms with van der Waals surface area (Å²) < 4.78 is 0. The van der Waals surface area contributed by atoms with Gasteiger partial charge in [0, 0.05) is 31.3 Å². The van der Waals surface area contributed by atoms with Gasteiger partial charge in [-0.25, -0.2) is 4.99 Å². The third-order valence-electron chi connectivity index (χ3n) is 3.87. The van der Waals surface area contributed by atoms with Crippen molar-refractivity contribution in [3.63, 3.8) is 0 Å². The monoisotopic (exact) mass is 416 g/mol. The highest BCUT2D eigenvalue weighted by Crippen LogP contribution is 2.20. The Morgan fingerprint density at radius 1 is 1.27 bits per heavy atom. The topological polar surface area (TPSA) is 70.8 Å². The van der Waals surface area contributed by atoms with E-state index >= 15 is 0 Å². The van der Waals surface area contributed by atoms with E-state index in [4.69, 9.17) is 4.99 Å². The standard InChI is InChI=1S/C15H20N4O2.HI/c20-19(21)14-7-3-12(4-8-14)11-16-15(17-13-5-6-13)18-9-1-2-10-18;/h3-4,7-8,13H,1-2,5-6,9-11H2,(H,16,17);1H. The molecule has 120 valence electrons. The van der Waals surface area contributed by atoms with Gasteiger partial charge >= 0.3 is 0 Å². The zero-order valence-corrected chi connectivity index (χ0v) is 14.7. The van der Waals surface area contributed by atoms with Crippen LogP contribution in [0, 0.1) is 10.1 Å². The fourth-order valence-electron chi connectivity index (χ4n) is 2.47. The third-order valence-corrected chi connectivity index (χ3v) is 3.87. The van der Waals surface area contributed by atoms with Gasteiger partial charge in [0.25, 0.3) is 5.69 Å². The highest BCUT2D eigenvalue weighted by molar-refractivity contribution is 14.0. The molecular weight excluding hydrogens is 395 g/mol. The van der Waals surface area contributed by atoms with Gasteiger partial charge in [-0.1, -0.05) is 12.1 Å². The molecule has 1 heterocycles. The molecule has 0 aromatic heterocycles. The average Bonchev–Trinajstić information content (AvgIpc) is 3.14. The van der Waals surface area contributed by atoms with Crippen LogP contribution >= 0.6 is 24.0 Å². The van der Waals surface area contributed by atoms with Crippen LogP contribution in [0.25, 0.3) is 0 Å². The van der Waals surface area contributed by atoms with E-state index in [0.29, 0.717) is 12.6 Å². The Hall–Kier alpha value is -1.38. The lowest BCUT2D eigenvalue weighted by molar-refractivity contribution is -0.384. The molecule has 22 heavy (non-hydrogen) atoms. The first-order valence-electron chi connectivity index (χ1n) is 7.51. The molecule has 1 aromatic rings. The summed E-state index contributed by atoms with van der Waals surface area (Å²) in [5.74, 6) is 0.994. The normalized spacial score (nSPS) is 18.0. The smallest absolute Gasteiger partial charge is 0.269 e. The molecule has 1 aliphatic heterocycles. The summed E-state index contributed by atoms with van der Waals surface area (Å²) in [5, 5.41) is 14.1.